The molecule has 2 heterocycles. The molecule has 156 valence electrons. The first-order chi connectivity index (χ1) is 13.8. The van der Waals surface area contributed by atoms with Gasteiger partial charge in [0.05, 0.1) is 23.9 Å². The van der Waals surface area contributed by atoms with Gasteiger partial charge in [-0.2, -0.15) is 4.31 Å². The highest BCUT2D eigenvalue weighted by molar-refractivity contribution is 7.99. The van der Waals surface area contributed by atoms with E-state index in [0.717, 1.165) is 23.0 Å². The summed E-state index contributed by atoms with van der Waals surface area (Å²) >= 11 is 1.16. The third-order valence-corrected chi connectivity index (χ3v) is 7.02. The molecule has 1 aromatic heterocycles. The van der Waals surface area contributed by atoms with Gasteiger partial charge in [0.1, 0.15) is 5.82 Å². The smallest absolute Gasteiger partial charge is 0.243 e. The van der Waals surface area contributed by atoms with Gasteiger partial charge in [-0.15, -0.1) is 0 Å². The zero-order chi connectivity index (χ0) is 21.0. The minimum atomic E-state index is -3.64. The Bertz CT molecular complexity index is 987. The van der Waals surface area contributed by atoms with Crippen LogP contribution < -0.4 is 11.1 Å². The molecule has 0 bridgehead atoms. The number of aryl methyl sites for hydroxylation is 2. The lowest BCUT2D eigenvalue weighted by molar-refractivity contribution is -0.113. The lowest BCUT2D eigenvalue weighted by Gasteiger charge is -2.26. The average molecular weight is 438 g/mol. The number of hydrogen-bond donors (Lipinski definition) is 2. The number of nitrogens with two attached hydrogens (primary N) is 1. The quantitative estimate of drug-likeness (QED) is 0.513. The normalized spacial score (nSPS) is 15.2. The molecule has 0 unspecified atom stereocenters. The number of thioether (sulfide) groups is 1. The van der Waals surface area contributed by atoms with Crippen LogP contribution in [0.15, 0.2) is 34.3 Å². The van der Waals surface area contributed by atoms with Crippen molar-refractivity contribution in [2.75, 3.05) is 43.1 Å². The van der Waals surface area contributed by atoms with Gasteiger partial charge in [0.25, 0.3) is 0 Å². The summed E-state index contributed by atoms with van der Waals surface area (Å²) in [6.45, 7) is 4.97. The number of sulfonamides is 1. The Morgan fingerprint density at radius 1 is 1.24 bits per heavy atom. The number of morpholine rings is 1. The fourth-order valence-electron chi connectivity index (χ4n) is 2.78. The summed E-state index contributed by atoms with van der Waals surface area (Å²) in [5, 5.41) is 3.19. The van der Waals surface area contributed by atoms with Crippen molar-refractivity contribution >= 4 is 39.2 Å². The van der Waals surface area contributed by atoms with E-state index in [1.807, 2.05) is 0 Å². The second kappa shape index (κ2) is 9.08. The molecular weight excluding hydrogens is 414 g/mol. The number of amides is 1. The van der Waals surface area contributed by atoms with Crippen molar-refractivity contribution in [1.29, 1.82) is 0 Å². The van der Waals surface area contributed by atoms with Gasteiger partial charge >= 0.3 is 0 Å². The van der Waals surface area contributed by atoms with Crippen LogP contribution in [0.2, 0.25) is 0 Å². The van der Waals surface area contributed by atoms with Crippen molar-refractivity contribution in [1.82, 2.24) is 14.3 Å². The molecule has 0 aliphatic carbocycles. The van der Waals surface area contributed by atoms with Crippen LogP contribution in [0.4, 0.5) is 11.5 Å². The number of benzene rings is 1. The number of nitrogen functional groups attached to an aromatic ring is 1. The maximum absolute atomic E-state index is 12.8. The number of nitrogens with one attached hydrogen (secondary N) is 1. The lowest BCUT2D eigenvalue weighted by Crippen LogP contribution is -2.40. The first kappa shape index (κ1) is 21.5. The van der Waals surface area contributed by atoms with E-state index >= 15 is 0 Å². The predicted molar refractivity (Wildman–Crippen MR) is 111 cm³/mol. The first-order valence-corrected chi connectivity index (χ1v) is 11.4. The molecule has 1 amide bonds. The average Bonchev–Trinajstić information content (AvgIpc) is 2.68. The molecule has 1 aromatic carbocycles. The SMILES string of the molecule is Cc1cc(N)nc(SCC(=O)Nc2cc(S(=O)(=O)N3CCOCC3)ccc2C)n1. The van der Waals surface area contributed by atoms with Gasteiger partial charge in [-0.25, -0.2) is 18.4 Å². The molecule has 3 N–H and O–H groups in total. The molecule has 1 aliphatic heterocycles. The van der Waals surface area contributed by atoms with E-state index in [-0.39, 0.29) is 16.6 Å². The standard InChI is InChI=1S/C18H23N5O4S2/c1-12-3-4-14(29(25,26)23-5-7-27-8-6-23)10-15(12)21-17(24)11-28-18-20-13(2)9-16(19)22-18/h3-4,9-10H,5-8,11H2,1-2H3,(H,21,24)(H2,19,20,22). The number of ether oxygens (including phenoxy) is 1. The van der Waals surface area contributed by atoms with Gasteiger partial charge in [-0.3, -0.25) is 4.79 Å². The third kappa shape index (κ3) is 5.44. The van der Waals surface area contributed by atoms with Crippen molar-refractivity contribution in [2.24, 2.45) is 0 Å². The number of aromatic nitrogens is 2. The molecule has 2 aromatic rings. The molecule has 0 saturated carbocycles. The van der Waals surface area contributed by atoms with Crippen molar-refractivity contribution in [3.63, 3.8) is 0 Å². The minimum absolute atomic E-state index is 0.0722. The van der Waals surface area contributed by atoms with Crippen molar-refractivity contribution < 1.29 is 17.9 Å². The van der Waals surface area contributed by atoms with Gasteiger partial charge in [-0.1, -0.05) is 17.8 Å². The molecule has 11 heteroatoms. The Morgan fingerprint density at radius 2 is 1.97 bits per heavy atom. The molecular formula is C18H23N5O4S2. The number of rotatable bonds is 6. The number of carbonyl (C=O) groups excluding carboxylic acids is 1. The summed E-state index contributed by atoms with van der Waals surface area (Å²) < 4.78 is 32.3. The van der Waals surface area contributed by atoms with E-state index in [1.54, 1.807) is 32.0 Å². The Kier molecular flexibility index (Phi) is 6.73. The summed E-state index contributed by atoms with van der Waals surface area (Å²) in [4.78, 5) is 20.8. The first-order valence-electron chi connectivity index (χ1n) is 8.98. The fourth-order valence-corrected chi connectivity index (χ4v) is 4.92. The highest BCUT2D eigenvalue weighted by Gasteiger charge is 2.26. The summed E-state index contributed by atoms with van der Waals surface area (Å²) in [6, 6.07) is 6.37. The zero-order valence-corrected chi connectivity index (χ0v) is 17.8. The van der Waals surface area contributed by atoms with Crippen LogP contribution in [0.3, 0.4) is 0 Å². The topological polar surface area (TPSA) is 128 Å². The summed E-state index contributed by atoms with van der Waals surface area (Å²) in [5.74, 6) is 0.128. The number of nitrogens with zero attached hydrogens (tertiary/aromatic N) is 3. The van der Waals surface area contributed by atoms with Crippen LogP contribution in [0.5, 0.6) is 0 Å². The monoisotopic (exact) mass is 437 g/mol. The second-order valence-electron chi connectivity index (χ2n) is 6.55. The summed E-state index contributed by atoms with van der Waals surface area (Å²) in [5.41, 5.74) is 7.63. The van der Waals surface area contributed by atoms with Crippen LogP contribution in [-0.4, -0.2) is 60.7 Å². The van der Waals surface area contributed by atoms with Crippen molar-refractivity contribution in [2.45, 2.75) is 23.9 Å². The molecule has 1 saturated heterocycles. The molecule has 9 nitrogen and oxygen atoms in total. The number of hydrogen-bond acceptors (Lipinski definition) is 8. The molecule has 0 radical (unpaired) electrons. The number of carbonyl (C=O) groups is 1. The highest BCUT2D eigenvalue weighted by Crippen LogP contribution is 2.24. The van der Waals surface area contributed by atoms with E-state index in [0.29, 0.717) is 43.0 Å². The Labute approximate surface area is 174 Å². The van der Waals surface area contributed by atoms with Gasteiger partial charge in [0.15, 0.2) is 5.16 Å². The van der Waals surface area contributed by atoms with E-state index in [9.17, 15) is 13.2 Å². The third-order valence-electron chi connectivity index (χ3n) is 4.28. The van der Waals surface area contributed by atoms with Gasteiger partial charge in [0.2, 0.25) is 15.9 Å². The Morgan fingerprint density at radius 3 is 2.66 bits per heavy atom. The summed E-state index contributed by atoms with van der Waals surface area (Å²) in [6.07, 6.45) is 0. The molecule has 29 heavy (non-hydrogen) atoms. The van der Waals surface area contributed by atoms with Crippen LogP contribution in [-0.2, 0) is 19.6 Å². The summed E-state index contributed by atoms with van der Waals surface area (Å²) in [7, 11) is -3.64. The molecule has 1 aliphatic rings. The zero-order valence-electron chi connectivity index (χ0n) is 16.2. The van der Waals surface area contributed by atoms with Gasteiger partial charge < -0.3 is 15.8 Å². The van der Waals surface area contributed by atoms with Gasteiger partial charge in [-0.05, 0) is 31.5 Å². The van der Waals surface area contributed by atoms with Crippen molar-refractivity contribution in [3.8, 4) is 0 Å². The van der Waals surface area contributed by atoms with E-state index in [1.165, 1.54) is 10.4 Å². The van der Waals surface area contributed by atoms with Crippen molar-refractivity contribution in [3.05, 3.63) is 35.5 Å². The van der Waals surface area contributed by atoms with Crippen LogP contribution in [0, 0.1) is 13.8 Å². The maximum atomic E-state index is 12.8. The largest absolute Gasteiger partial charge is 0.384 e. The van der Waals surface area contributed by atoms with E-state index in [2.05, 4.69) is 15.3 Å². The van der Waals surface area contributed by atoms with Crippen LogP contribution in [0.1, 0.15) is 11.3 Å². The lowest BCUT2D eigenvalue weighted by atomic mass is 10.2. The Hall–Kier alpha value is -2.21. The fraction of sp³-hybridized carbons (Fsp3) is 0.389. The second-order valence-corrected chi connectivity index (χ2v) is 9.43. The predicted octanol–water partition coefficient (Wildman–Crippen LogP) is 1.43. The highest BCUT2D eigenvalue weighted by atomic mass is 32.2. The van der Waals surface area contributed by atoms with Crippen LogP contribution in [0.25, 0.3) is 0 Å². The minimum Gasteiger partial charge on any atom is -0.384 e. The molecule has 3 rings (SSSR count). The molecule has 0 atom stereocenters. The van der Waals surface area contributed by atoms with E-state index in [4.69, 9.17) is 10.5 Å². The van der Waals surface area contributed by atoms with Crippen LogP contribution >= 0.6 is 11.8 Å². The van der Waals surface area contributed by atoms with Gasteiger partial charge in [0, 0.05) is 30.5 Å². The molecule has 0 spiro atoms. The molecule has 1 fully saturated rings. The Balaban J connectivity index is 1.70. The number of anilines is 2. The van der Waals surface area contributed by atoms with E-state index < -0.39 is 10.0 Å². The maximum Gasteiger partial charge on any atom is 0.243 e.